The minimum absolute atomic E-state index is 0.0121. The first-order valence-electron chi connectivity index (χ1n) is 11.3. The number of hydrogen-bond donors (Lipinski definition) is 1. The summed E-state index contributed by atoms with van der Waals surface area (Å²) in [5.74, 6) is 3.97. The fraction of sp³-hybridized carbons (Fsp3) is 1.00. The van der Waals surface area contributed by atoms with Crippen LogP contribution in [-0.4, -0.2) is 17.9 Å². The van der Waals surface area contributed by atoms with E-state index in [-0.39, 0.29) is 11.3 Å². The molecule has 1 aliphatic heterocycles. The van der Waals surface area contributed by atoms with Crippen molar-refractivity contribution in [2.75, 3.05) is 6.54 Å². The maximum atomic E-state index is 6.83. The van der Waals surface area contributed by atoms with Crippen LogP contribution < -0.4 is 5.32 Å². The summed E-state index contributed by atoms with van der Waals surface area (Å²) in [6.07, 6.45) is 14.7. The smallest absolute Gasteiger partial charge is 0.195 e. The first-order chi connectivity index (χ1) is 11.8. The van der Waals surface area contributed by atoms with Crippen molar-refractivity contribution in [1.29, 1.82) is 0 Å². The molecule has 4 aliphatic carbocycles. The van der Waals surface area contributed by atoms with Crippen LogP contribution in [0, 0.1) is 34.5 Å². The molecule has 2 N–H and O–H groups in total. The van der Waals surface area contributed by atoms with Gasteiger partial charge in [0.1, 0.15) is 12.1 Å². The third-order valence-corrected chi connectivity index (χ3v) is 10.3. The minimum Gasteiger partial charge on any atom is -0.317 e. The normalized spacial score (nSPS) is 57.1. The third kappa shape index (κ3) is 2.16. The molecule has 0 aromatic heterocycles. The fourth-order valence-corrected chi connectivity index (χ4v) is 8.89. The second kappa shape index (κ2) is 5.25. The summed E-state index contributed by atoms with van der Waals surface area (Å²) in [5, 5.41) is 2.48. The summed E-state index contributed by atoms with van der Waals surface area (Å²) >= 11 is 0. The van der Waals surface area contributed by atoms with Gasteiger partial charge in [-0.2, -0.15) is 0 Å². The Morgan fingerprint density at radius 1 is 0.800 bits per heavy atom. The van der Waals surface area contributed by atoms with E-state index in [1.165, 1.54) is 70.8 Å². The highest BCUT2D eigenvalue weighted by Gasteiger charge is 2.69. The van der Waals surface area contributed by atoms with Crippen LogP contribution in [-0.2, 0) is 4.74 Å². The molecule has 1 saturated heterocycles. The average Bonchev–Trinajstić information content (AvgIpc) is 3.04. The Morgan fingerprint density at radius 3 is 2.36 bits per heavy atom. The largest absolute Gasteiger partial charge is 0.317 e. The van der Waals surface area contributed by atoms with Crippen molar-refractivity contribution >= 4 is 0 Å². The van der Waals surface area contributed by atoms with E-state index < -0.39 is 0 Å². The Balaban J connectivity index is 1.46. The number of fused-ring (bicyclic) bond motifs is 6. The maximum absolute atomic E-state index is 6.83. The van der Waals surface area contributed by atoms with E-state index in [4.69, 9.17) is 4.74 Å². The van der Waals surface area contributed by atoms with Crippen molar-refractivity contribution in [3.8, 4) is 0 Å². The number of nitrogens with two attached hydrogens (primary N) is 1. The molecular formula is C23H40NO+. The van der Waals surface area contributed by atoms with Gasteiger partial charge in [-0.05, 0) is 80.5 Å². The minimum atomic E-state index is -0.0121. The molecule has 2 nitrogen and oxygen atoms in total. The van der Waals surface area contributed by atoms with Crippen molar-refractivity contribution in [3.63, 3.8) is 0 Å². The zero-order valence-electron chi connectivity index (χ0n) is 17.1. The van der Waals surface area contributed by atoms with Crippen LogP contribution in [0.4, 0.5) is 0 Å². The number of quaternary nitrogens is 1. The Bertz CT molecular complexity index is 558. The van der Waals surface area contributed by atoms with E-state index in [9.17, 15) is 0 Å². The predicted octanol–water partition coefficient (Wildman–Crippen LogP) is 4.49. The molecule has 0 bridgehead atoms. The lowest BCUT2D eigenvalue weighted by molar-refractivity contribution is -0.725. The van der Waals surface area contributed by atoms with Crippen LogP contribution in [0.15, 0.2) is 0 Å². The molecule has 0 radical (unpaired) electrons. The van der Waals surface area contributed by atoms with Crippen LogP contribution in [0.1, 0.15) is 91.9 Å². The molecule has 1 heterocycles. The SMILES string of the molecule is CC1(C)[NH2+]C[C@@]2(CC[C@@H]3[C@H]4CC[C@H]5CCCC[C@]5(C)[C@@H]4CC[C@@]32C)O1. The highest BCUT2D eigenvalue weighted by molar-refractivity contribution is 5.15. The molecule has 25 heavy (non-hydrogen) atoms. The first-order valence-corrected chi connectivity index (χ1v) is 11.3. The summed E-state index contributed by atoms with van der Waals surface area (Å²) in [4.78, 5) is 0. The van der Waals surface area contributed by atoms with Gasteiger partial charge in [0.15, 0.2) is 5.72 Å². The van der Waals surface area contributed by atoms with Gasteiger partial charge in [0.05, 0.1) is 0 Å². The van der Waals surface area contributed by atoms with Gasteiger partial charge in [-0.3, -0.25) is 0 Å². The monoisotopic (exact) mass is 346 g/mol. The van der Waals surface area contributed by atoms with Crippen LogP contribution in [0.2, 0.25) is 0 Å². The molecule has 5 rings (SSSR count). The summed E-state index contributed by atoms with van der Waals surface area (Å²) in [6, 6.07) is 0. The zero-order valence-corrected chi connectivity index (χ0v) is 17.1. The fourth-order valence-electron chi connectivity index (χ4n) is 8.89. The Kier molecular flexibility index (Phi) is 3.58. The second-order valence-electron chi connectivity index (χ2n) is 11.5. The Labute approximate surface area is 154 Å². The molecule has 5 fully saturated rings. The summed E-state index contributed by atoms with van der Waals surface area (Å²) in [5.41, 5.74) is 1.24. The van der Waals surface area contributed by atoms with Gasteiger partial charge in [-0.15, -0.1) is 0 Å². The molecular weight excluding hydrogens is 306 g/mol. The number of hydrogen-bond acceptors (Lipinski definition) is 1. The molecule has 1 spiro atoms. The van der Waals surface area contributed by atoms with Crippen molar-refractivity contribution in [2.24, 2.45) is 34.5 Å². The number of ether oxygens (including phenoxy) is 1. The van der Waals surface area contributed by atoms with Gasteiger partial charge < -0.3 is 10.1 Å². The summed E-state index contributed by atoms with van der Waals surface area (Å²) in [7, 11) is 0. The molecule has 2 heteroatoms. The topological polar surface area (TPSA) is 25.8 Å². The molecule has 4 saturated carbocycles. The van der Waals surface area contributed by atoms with Gasteiger partial charge in [-0.25, -0.2) is 0 Å². The predicted molar refractivity (Wildman–Crippen MR) is 101 cm³/mol. The van der Waals surface area contributed by atoms with E-state index in [2.05, 4.69) is 33.0 Å². The Hall–Kier alpha value is -0.0800. The van der Waals surface area contributed by atoms with Gasteiger partial charge >= 0.3 is 0 Å². The lowest BCUT2D eigenvalue weighted by Gasteiger charge is -2.61. The summed E-state index contributed by atoms with van der Waals surface area (Å²) in [6.45, 7) is 11.1. The highest BCUT2D eigenvalue weighted by atomic mass is 16.6. The molecule has 7 atom stereocenters. The van der Waals surface area contributed by atoms with Crippen molar-refractivity contribution in [3.05, 3.63) is 0 Å². The van der Waals surface area contributed by atoms with Crippen molar-refractivity contribution in [2.45, 2.75) is 103 Å². The lowest BCUT2D eigenvalue weighted by Crippen LogP contribution is -2.92. The molecule has 0 aromatic rings. The first kappa shape index (κ1) is 17.0. The summed E-state index contributed by atoms with van der Waals surface area (Å²) < 4.78 is 6.83. The van der Waals surface area contributed by atoms with Gasteiger partial charge in [0.25, 0.3) is 0 Å². The van der Waals surface area contributed by atoms with Crippen molar-refractivity contribution in [1.82, 2.24) is 0 Å². The molecule has 0 unspecified atom stereocenters. The third-order valence-electron chi connectivity index (χ3n) is 10.3. The lowest BCUT2D eigenvalue weighted by atomic mass is 9.44. The molecule has 142 valence electrons. The standard InChI is InChI=1S/C23H39NO/c1-20(2)24-15-23(25-20)14-11-19-17-9-8-16-7-5-6-12-21(16,3)18(17)10-13-22(19,23)4/h16-19,24H,5-15H2,1-4H3/p+1/t16-,17+,18-,19-,21+,22+,23-/m1/s1. The van der Waals surface area contributed by atoms with Gasteiger partial charge in [0.2, 0.25) is 0 Å². The van der Waals surface area contributed by atoms with E-state index in [0.29, 0.717) is 10.8 Å². The maximum Gasteiger partial charge on any atom is 0.195 e. The molecule has 0 aromatic carbocycles. The van der Waals surface area contributed by atoms with Crippen LogP contribution in [0.3, 0.4) is 0 Å². The van der Waals surface area contributed by atoms with E-state index >= 15 is 0 Å². The van der Waals surface area contributed by atoms with E-state index in [1.807, 2.05) is 0 Å². The molecule has 5 aliphatic rings. The quantitative estimate of drug-likeness (QED) is 0.687. The number of rotatable bonds is 0. The van der Waals surface area contributed by atoms with Gasteiger partial charge in [0, 0.05) is 19.3 Å². The van der Waals surface area contributed by atoms with Crippen LogP contribution >= 0.6 is 0 Å². The van der Waals surface area contributed by atoms with Crippen molar-refractivity contribution < 1.29 is 10.1 Å². The van der Waals surface area contributed by atoms with E-state index in [0.717, 1.165) is 23.7 Å². The highest BCUT2D eigenvalue weighted by Crippen LogP contribution is 2.69. The van der Waals surface area contributed by atoms with E-state index in [1.54, 1.807) is 0 Å². The zero-order chi connectivity index (χ0) is 17.5. The van der Waals surface area contributed by atoms with Gasteiger partial charge in [-0.1, -0.05) is 26.7 Å². The average molecular weight is 347 g/mol. The second-order valence-corrected chi connectivity index (χ2v) is 11.5. The molecule has 0 amide bonds. The van der Waals surface area contributed by atoms with Crippen LogP contribution in [0.5, 0.6) is 0 Å². The Morgan fingerprint density at radius 2 is 1.60 bits per heavy atom. The van der Waals surface area contributed by atoms with Crippen LogP contribution in [0.25, 0.3) is 0 Å².